The van der Waals surface area contributed by atoms with E-state index >= 15 is 0 Å². The molecule has 2 aliphatic rings. The van der Waals surface area contributed by atoms with Gasteiger partial charge in [0.25, 0.3) is 0 Å². The second kappa shape index (κ2) is 7.55. The van der Waals surface area contributed by atoms with E-state index in [1.54, 1.807) is 6.07 Å². The van der Waals surface area contributed by atoms with E-state index < -0.39 is 0 Å². The fraction of sp³-hybridized carbons (Fsp3) is 0.364. The molecule has 7 heteroatoms. The number of benzene rings is 1. The standard InChI is InChI=1S/C22H22N4O3/c1-16-4-3-5-18(14-16)7-8-19-15-22(29-24-19)10-12-25(13-11-22)21-20(26(27)28)9-6-17(2)23-21/h3-6,9,14H,10-13,15H2,1-2H3. The van der Waals surface area contributed by atoms with Gasteiger partial charge in [0, 0.05) is 49.7 Å². The Morgan fingerprint density at radius 2 is 1.97 bits per heavy atom. The minimum Gasteiger partial charge on any atom is -0.388 e. The molecule has 2 aliphatic heterocycles. The highest BCUT2D eigenvalue weighted by Crippen LogP contribution is 2.37. The average molecular weight is 390 g/mol. The lowest BCUT2D eigenvalue weighted by atomic mass is 9.87. The van der Waals surface area contributed by atoms with E-state index in [0.29, 0.717) is 25.3 Å². The Morgan fingerprint density at radius 3 is 2.69 bits per heavy atom. The van der Waals surface area contributed by atoms with Crippen LogP contribution in [0.25, 0.3) is 0 Å². The summed E-state index contributed by atoms with van der Waals surface area (Å²) in [6.45, 7) is 5.14. The Labute approximate surface area is 169 Å². The van der Waals surface area contributed by atoms with E-state index in [1.807, 2.05) is 43.0 Å². The van der Waals surface area contributed by atoms with E-state index in [-0.39, 0.29) is 16.2 Å². The SMILES string of the molecule is Cc1cccc(C#CC2=NOC3(CCN(c4nc(C)ccc4[N+](=O)[O-])CC3)C2)c1. The second-order valence-corrected chi connectivity index (χ2v) is 7.65. The number of oxime groups is 1. The molecule has 0 unspecified atom stereocenters. The number of hydrogen-bond donors (Lipinski definition) is 0. The Bertz CT molecular complexity index is 1040. The second-order valence-electron chi connectivity index (χ2n) is 7.65. The van der Waals surface area contributed by atoms with Crippen LogP contribution in [0.2, 0.25) is 0 Å². The highest BCUT2D eigenvalue weighted by Gasteiger charge is 2.42. The van der Waals surface area contributed by atoms with Gasteiger partial charge in [-0.05, 0) is 43.5 Å². The number of pyridine rings is 1. The van der Waals surface area contributed by atoms with Crippen molar-refractivity contribution in [3.05, 3.63) is 63.3 Å². The minimum atomic E-state index is -0.375. The zero-order valence-electron chi connectivity index (χ0n) is 16.5. The molecule has 0 bridgehead atoms. The molecule has 148 valence electrons. The van der Waals surface area contributed by atoms with Gasteiger partial charge in [-0.2, -0.15) is 0 Å². The van der Waals surface area contributed by atoms with Gasteiger partial charge >= 0.3 is 5.69 Å². The third kappa shape index (κ3) is 4.06. The molecule has 0 amide bonds. The highest BCUT2D eigenvalue weighted by molar-refractivity contribution is 6.01. The van der Waals surface area contributed by atoms with Crippen LogP contribution in [0.3, 0.4) is 0 Å². The van der Waals surface area contributed by atoms with Crippen LogP contribution in [-0.2, 0) is 4.84 Å². The van der Waals surface area contributed by atoms with Crippen molar-refractivity contribution < 1.29 is 9.76 Å². The van der Waals surface area contributed by atoms with Crippen molar-refractivity contribution in [3.63, 3.8) is 0 Å². The first kappa shape index (κ1) is 18.9. The third-order valence-corrected chi connectivity index (χ3v) is 5.37. The van der Waals surface area contributed by atoms with Gasteiger partial charge in [0.05, 0.1) is 4.92 Å². The molecule has 1 aromatic carbocycles. The van der Waals surface area contributed by atoms with E-state index in [4.69, 9.17) is 4.84 Å². The third-order valence-electron chi connectivity index (χ3n) is 5.37. The van der Waals surface area contributed by atoms with Crippen molar-refractivity contribution >= 4 is 17.2 Å². The number of nitro groups is 1. The average Bonchev–Trinajstić information content (AvgIpc) is 3.09. The smallest absolute Gasteiger partial charge is 0.311 e. The molecule has 0 radical (unpaired) electrons. The van der Waals surface area contributed by atoms with Crippen molar-refractivity contribution in [2.24, 2.45) is 5.16 Å². The molecule has 1 aromatic heterocycles. The first-order valence-electron chi connectivity index (χ1n) is 9.65. The molecule has 3 heterocycles. The molecule has 2 aromatic rings. The van der Waals surface area contributed by atoms with Crippen LogP contribution in [-0.4, -0.2) is 34.3 Å². The lowest BCUT2D eigenvalue weighted by Gasteiger charge is -2.37. The first-order valence-corrected chi connectivity index (χ1v) is 9.65. The lowest BCUT2D eigenvalue weighted by molar-refractivity contribution is -0.384. The topological polar surface area (TPSA) is 80.9 Å². The summed E-state index contributed by atoms with van der Waals surface area (Å²) in [5, 5.41) is 15.6. The summed E-state index contributed by atoms with van der Waals surface area (Å²) in [6, 6.07) is 11.2. The number of nitrogens with zero attached hydrogens (tertiary/aromatic N) is 4. The maximum absolute atomic E-state index is 11.4. The molecule has 1 saturated heterocycles. The monoisotopic (exact) mass is 390 g/mol. The fourth-order valence-corrected chi connectivity index (χ4v) is 3.76. The summed E-state index contributed by atoms with van der Waals surface area (Å²) in [7, 11) is 0. The Hall–Kier alpha value is -3.40. The van der Waals surface area contributed by atoms with Crippen molar-refractivity contribution in [1.82, 2.24) is 4.98 Å². The van der Waals surface area contributed by atoms with Crippen LogP contribution in [0.5, 0.6) is 0 Å². The minimum absolute atomic E-state index is 0.0415. The number of piperidine rings is 1. The normalized spacial score (nSPS) is 17.3. The first-order chi connectivity index (χ1) is 13.9. The highest BCUT2D eigenvalue weighted by atomic mass is 16.7. The van der Waals surface area contributed by atoms with Gasteiger partial charge < -0.3 is 9.74 Å². The predicted molar refractivity (Wildman–Crippen MR) is 111 cm³/mol. The zero-order valence-corrected chi connectivity index (χ0v) is 16.5. The Kier molecular flexibility index (Phi) is 4.93. The predicted octanol–water partition coefficient (Wildman–Crippen LogP) is 3.77. The molecule has 1 fully saturated rings. The molecule has 0 aliphatic carbocycles. The van der Waals surface area contributed by atoms with Gasteiger partial charge in [-0.25, -0.2) is 4.98 Å². The number of hydrogen-bond acceptors (Lipinski definition) is 6. The van der Waals surface area contributed by atoms with Gasteiger partial charge in [0.2, 0.25) is 5.82 Å². The van der Waals surface area contributed by atoms with E-state index in [9.17, 15) is 10.1 Å². The molecule has 7 nitrogen and oxygen atoms in total. The Balaban J connectivity index is 1.42. The molecule has 1 spiro atoms. The van der Waals surface area contributed by atoms with Gasteiger partial charge in [-0.15, -0.1) is 0 Å². The summed E-state index contributed by atoms with van der Waals surface area (Å²) in [5.74, 6) is 6.72. The van der Waals surface area contributed by atoms with Crippen LogP contribution in [0.4, 0.5) is 11.5 Å². The van der Waals surface area contributed by atoms with E-state index in [2.05, 4.69) is 22.0 Å². The van der Waals surface area contributed by atoms with Crippen molar-refractivity contribution in [3.8, 4) is 11.8 Å². The molecular formula is C22H22N4O3. The molecular weight excluding hydrogens is 368 g/mol. The summed E-state index contributed by atoms with van der Waals surface area (Å²) in [4.78, 5) is 23.2. The van der Waals surface area contributed by atoms with Crippen LogP contribution >= 0.6 is 0 Å². The fourth-order valence-electron chi connectivity index (χ4n) is 3.76. The summed E-state index contributed by atoms with van der Waals surface area (Å²) in [5.41, 5.74) is 3.32. The van der Waals surface area contributed by atoms with Gasteiger partial charge in [-0.3, -0.25) is 10.1 Å². The Morgan fingerprint density at radius 1 is 1.17 bits per heavy atom. The number of rotatable bonds is 2. The quantitative estimate of drug-likeness (QED) is 0.443. The zero-order chi connectivity index (χ0) is 20.4. The number of anilines is 1. The van der Waals surface area contributed by atoms with Gasteiger partial charge in [0.1, 0.15) is 11.3 Å². The van der Waals surface area contributed by atoms with E-state index in [1.165, 1.54) is 11.6 Å². The molecule has 0 N–H and O–H groups in total. The lowest BCUT2D eigenvalue weighted by Crippen LogP contribution is -2.45. The van der Waals surface area contributed by atoms with Crippen LogP contribution < -0.4 is 4.90 Å². The molecule has 0 saturated carbocycles. The van der Waals surface area contributed by atoms with Gasteiger partial charge in [-0.1, -0.05) is 23.2 Å². The molecule has 29 heavy (non-hydrogen) atoms. The number of aryl methyl sites for hydroxylation is 2. The van der Waals surface area contributed by atoms with Crippen molar-refractivity contribution in [2.45, 2.75) is 38.7 Å². The maximum Gasteiger partial charge on any atom is 0.311 e. The van der Waals surface area contributed by atoms with Crippen molar-refractivity contribution in [2.75, 3.05) is 18.0 Å². The van der Waals surface area contributed by atoms with Crippen LogP contribution in [0, 0.1) is 35.8 Å². The number of aromatic nitrogens is 1. The van der Waals surface area contributed by atoms with E-state index in [0.717, 1.165) is 29.8 Å². The summed E-state index contributed by atoms with van der Waals surface area (Å²) < 4.78 is 0. The van der Waals surface area contributed by atoms with Crippen molar-refractivity contribution in [1.29, 1.82) is 0 Å². The van der Waals surface area contributed by atoms with Crippen LogP contribution in [0.1, 0.15) is 36.1 Å². The summed E-state index contributed by atoms with van der Waals surface area (Å²) in [6.07, 6.45) is 2.11. The summed E-state index contributed by atoms with van der Waals surface area (Å²) >= 11 is 0. The van der Waals surface area contributed by atoms with Crippen LogP contribution in [0.15, 0.2) is 41.6 Å². The molecule has 0 atom stereocenters. The van der Waals surface area contributed by atoms with Gasteiger partial charge in [0.15, 0.2) is 0 Å². The largest absolute Gasteiger partial charge is 0.388 e. The maximum atomic E-state index is 11.4. The molecule has 4 rings (SSSR count).